The van der Waals surface area contributed by atoms with E-state index < -0.39 is 0 Å². The molecular weight excluding hydrogens is 256 g/mol. The minimum Gasteiger partial charge on any atom is -0.351 e. The lowest BCUT2D eigenvalue weighted by Crippen LogP contribution is -2.27. The number of aromatic nitrogens is 1. The summed E-state index contributed by atoms with van der Waals surface area (Å²) in [5, 5.41) is 1.12. The lowest BCUT2D eigenvalue weighted by molar-refractivity contribution is 0.396. The van der Waals surface area contributed by atoms with E-state index in [9.17, 15) is 0 Å². The molecule has 5 heteroatoms. The Hall–Kier alpha value is -0.650. The highest BCUT2D eigenvalue weighted by Crippen LogP contribution is 2.30. The number of likely N-dealkylation sites (tertiary alicyclic amines) is 1. The van der Waals surface area contributed by atoms with Crippen molar-refractivity contribution in [1.29, 1.82) is 0 Å². The number of nitrogens with two attached hydrogens (primary N) is 1. The van der Waals surface area contributed by atoms with Crippen molar-refractivity contribution in [2.24, 2.45) is 11.7 Å². The molecule has 1 aliphatic rings. The lowest BCUT2D eigenvalue weighted by atomic mass is 10.1. The van der Waals surface area contributed by atoms with Crippen LogP contribution in [0.4, 0.5) is 5.13 Å². The van der Waals surface area contributed by atoms with E-state index in [0.29, 0.717) is 12.5 Å². The molecule has 108 valence electrons. The van der Waals surface area contributed by atoms with Gasteiger partial charge in [-0.25, -0.2) is 4.98 Å². The van der Waals surface area contributed by atoms with Gasteiger partial charge in [0.25, 0.3) is 0 Å². The second-order valence-corrected chi connectivity index (χ2v) is 7.02. The minimum absolute atomic E-state index is 0.453. The summed E-state index contributed by atoms with van der Waals surface area (Å²) in [4.78, 5) is 10.7. The van der Waals surface area contributed by atoms with Crippen LogP contribution >= 0.6 is 11.3 Å². The van der Waals surface area contributed by atoms with Gasteiger partial charge in [0.1, 0.15) is 0 Å². The van der Waals surface area contributed by atoms with E-state index >= 15 is 0 Å². The van der Waals surface area contributed by atoms with Gasteiger partial charge < -0.3 is 15.5 Å². The fourth-order valence-corrected chi connectivity index (χ4v) is 3.82. The Morgan fingerprint density at radius 1 is 1.53 bits per heavy atom. The summed E-state index contributed by atoms with van der Waals surface area (Å²) in [6, 6.07) is 0. The maximum Gasteiger partial charge on any atom is 0.185 e. The maximum atomic E-state index is 5.83. The van der Waals surface area contributed by atoms with Gasteiger partial charge in [0.2, 0.25) is 0 Å². The van der Waals surface area contributed by atoms with E-state index in [1.165, 1.54) is 30.1 Å². The summed E-state index contributed by atoms with van der Waals surface area (Å²) in [5.74, 6) is 1.22. The van der Waals surface area contributed by atoms with Crippen LogP contribution in [0.25, 0.3) is 0 Å². The molecule has 4 nitrogen and oxygen atoms in total. The van der Waals surface area contributed by atoms with Crippen molar-refractivity contribution < 1.29 is 0 Å². The minimum atomic E-state index is 0.453. The molecule has 0 aliphatic carbocycles. The number of rotatable bonds is 5. The first-order chi connectivity index (χ1) is 9.01. The monoisotopic (exact) mass is 282 g/mol. The Kier molecular flexibility index (Phi) is 4.81. The van der Waals surface area contributed by atoms with Crippen molar-refractivity contribution in [1.82, 2.24) is 9.88 Å². The van der Waals surface area contributed by atoms with Crippen molar-refractivity contribution in [2.45, 2.75) is 32.7 Å². The topological polar surface area (TPSA) is 45.4 Å². The molecule has 1 aromatic rings. The van der Waals surface area contributed by atoms with Gasteiger partial charge in [-0.05, 0) is 31.8 Å². The summed E-state index contributed by atoms with van der Waals surface area (Å²) >= 11 is 1.76. The third-order valence-electron chi connectivity index (χ3n) is 3.80. The molecular formula is C14H26N4S. The van der Waals surface area contributed by atoms with Crippen LogP contribution in [0.1, 0.15) is 36.8 Å². The third kappa shape index (κ3) is 3.46. The molecule has 1 saturated heterocycles. The van der Waals surface area contributed by atoms with Crippen molar-refractivity contribution in [3.05, 3.63) is 10.6 Å². The zero-order valence-electron chi connectivity index (χ0n) is 12.5. The van der Waals surface area contributed by atoms with Crippen LogP contribution in [0.2, 0.25) is 0 Å². The van der Waals surface area contributed by atoms with E-state index in [-0.39, 0.29) is 0 Å². The molecule has 19 heavy (non-hydrogen) atoms. The molecule has 0 amide bonds. The quantitative estimate of drug-likeness (QED) is 0.898. The maximum absolute atomic E-state index is 5.83. The highest BCUT2D eigenvalue weighted by molar-refractivity contribution is 7.15. The zero-order chi connectivity index (χ0) is 14.0. The largest absolute Gasteiger partial charge is 0.351 e. The summed E-state index contributed by atoms with van der Waals surface area (Å²) in [5.41, 5.74) is 7.01. The fourth-order valence-electron chi connectivity index (χ4n) is 2.75. The van der Waals surface area contributed by atoms with Crippen LogP contribution < -0.4 is 10.6 Å². The van der Waals surface area contributed by atoms with Crippen molar-refractivity contribution in [3.8, 4) is 0 Å². The van der Waals surface area contributed by atoms with Crippen LogP contribution in [0.5, 0.6) is 0 Å². The van der Waals surface area contributed by atoms with Crippen LogP contribution in [0.3, 0.4) is 0 Å². The summed E-state index contributed by atoms with van der Waals surface area (Å²) in [6.45, 7) is 8.50. The zero-order valence-corrected chi connectivity index (χ0v) is 13.3. The van der Waals surface area contributed by atoms with E-state index in [1.54, 1.807) is 11.3 Å². The first-order valence-corrected chi connectivity index (χ1v) is 7.92. The highest BCUT2D eigenvalue weighted by Gasteiger charge is 2.22. The second-order valence-electron chi connectivity index (χ2n) is 5.96. The van der Waals surface area contributed by atoms with Gasteiger partial charge in [-0.1, -0.05) is 13.8 Å². The molecule has 1 aliphatic heterocycles. The molecule has 0 saturated carbocycles. The first-order valence-electron chi connectivity index (χ1n) is 7.10. The molecule has 2 rings (SSSR count). The third-order valence-corrected chi connectivity index (χ3v) is 5.00. The molecule has 1 atom stereocenters. The molecule has 2 N–H and O–H groups in total. The molecule has 0 bridgehead atoms. The van der Waals surface area contributed by atoms with Gasteiger partial charge in [-0.2, -0.15) is 0 Å². The molecule has 0 aromatic carbocycles. The van der Waals surface area contributed by atoms with Crippen LogP contribution in [-0.2, 0) is 6.54 Å². The van der Waals surface area contributed by atoms with E-state index in [4.69, 9.17) is 10.7 Å². The lowest BCUT2D eigenvalue weighted by Gasteiger charge is -2.20. The number of nitrogens with zero attached hydrogens (tertiary/aromatic N) is 3. The predicted molar refractivity (Wildman–Crippen MR) is 83.0 cm³/mol. The normalized spacial score (nSPS) is 20.4. The van der Waals surface area contributed by atoms with Crippen LogP contribution in [0, 0.1) is 5.92 Å². The van der Waals surface area contributed by atoms with Gasteiger partial charge in [0.15, 0.2) is 5.13 Å². The van der Waals surface area contributed by atoms with Gasteiger partial charge in [-0.15, -0.1) is 11.3 Å². The van der Waals surface area contributed by atoms with Crippen molar-refractivity contribution >= 4 is 16.5 Å². The number of thiazole rings is 1. The number of hydrogen-bond donors (Lipinski definition) is 1. The van der Waals surface area contributed by atoms with Crippen LogP contribution in [-0.4, -0.2) is 43.6 Å². The molecule has 1 unspecified atom stereocenters. The molecule has 0 spiro atoms. The Morgan fingerprint density at radius 3 is 2.74 bits per heavy atom. The summed E-state index contributed by atoms with van der Waals surface area (Å²) in [6.07, 6.45) is 1.30. The smallest absolute Gasteiger partial charge is 0.185 e. The van der Waals surface area contributed by atoms with Crippen molar-refractivity contribution in [2.75, 3.05) is 38.6 Å². The summed E-state index contributed by atoms with van der Waals surface area (Å²) < 4.78 is 0. The Labute approximate surface area is 120 Å². The van der Waals surface area contributed by atoms with Crippen molar-refractivity contribution in [3.63, 3.8) is 0 Å². The molecule has 1 fully saturated rings. The van der Waals surface area contributed by atoms with E-state index in [2.05, 4.69) is 37.7 Å². The average Bonchev–Trinajstić information content (AvgIpc) is 2.95. The molecule has 1 aromatic heterocycles. The standard InChI is InChI=1S/C14H26N4S/c1-10(2)13-12(7-15)19-14(16-13)18(4)9-11-5-6-17(3)8-11/h10-11H,5-9,15H2,1-4H3. The van der Waals surface area contributed by atoms with Gasteiger partial charge >= 0.3 is 0 Å². The SMILES string of the molecule is CC(C)c1nc(N(C)CC2CCN(C)C2)sc1CN. The Morgan fingerprint density at radius 2 is 2.26 bits per heavy atom. The van der Waals surface area contributed by atoms with Gasteiger partial charge in [0.05, 0.1) is 5.69 Å². The Balaban J connectivity index is 2.04. The van der Waals surface area contributed by atoms with Gasteiger partial charge in [0, 0.05) is 31.6 Å². The summed E-state index contributed by atoms with van der Waals surface area (Å²) in [7, 11) is 4.36. The van der Waals surface area contributed by atoms with E-state index in [0.717, 1.165) is 17.6 Å². The fraction of sp³-hybridized carbons (Fsp3) is 0.786. The van der Waals surface area contributed by atoms with Crippen LogP contribution in [0.15, 0.2) is 0 Å². The molecule has 0 radical (unpaired) electrons. The predicted octanol–water partition coefficient (Wildman–Crippen LogP) is 2.11. The molecule has 2 heterocycles. The van der Waals surface area contributed by atoms with E-state index in [1.807, 2.05) is 0 Å². The van der Waals surface area contributed by atoms with Gasteiger partial charge in [-0.3, -0.25) is 0 Å². The second kappa shape index (κ2) is 6.20. The highest BCUT2D eigenvalue weighted by atomic mass is 32.1. The number of hydrogen-bond acceptors (Lipinski definition) is 5. The first kappa shape index (κ1) is 14.8. The Bertz CT molecular complexity index is 416. The average molecular weight is 282 g/mol. The number of anilines is 1.